The molecule has 3 unspecified atom stereocenters. The van der Waals surface area contributed by atoms with E-state index in [1.54, 1.807) is 18.2 Å². The predicted molar refractivity (Wildman–Crippen MR) is 96.5 cm³/mol. The molecule has 3 atom stereocenters. The average molecular weight is 391 g/mol. The summed E-state index contributed by atoms with van der Waals surface area (Å²) in [6.45, 7) is 3.81. The minimum atomic E-state index is -1.13. The van der Waals surface area contributed by atoms with Gasteiger partial charge in [-0.05, 0) is 24.6 Å². The van der Waals surface area contributed by atoms with Crippen molar-refractivity contribution in [3.05, 3.63) is 66.3 Å². The monoisotopic (exact) mass is 390 g/mol. The number of methoxy groups -OCH3 is 2. The Balaban J connectivity index is 0.00000261. The van der Waals surface area contributed by atoms with Gasteiger partial charge in [-0.2, -0.15) is 0 Å². The zero-order valence-electron chi connectivity index (χ0n) is 15.1. The van der Waals surface area contributed by atoms with Gasteiger partial charge in [-0.25, -0.2) is 9.59 Å². The van der Waals surface area contributed by atoms with Gasteiger partial charge in [-0.3, -0.25) is 0 Å². The van der Waals surface area contributed by atoms with Crippen molar-refractivity contribution < 1.29 is 36.2 Å². The number of ether oxygens (including phenoxy) is 3. The predicted octanol–water partition coefficient (Wildman–Crippen LogP) is -0.603. The molecule has 1 aromatic rings. The maximum absolute atomic E-state index is 12.5. The minimum Gasteiger partial charge on any atom is -1.00 e. The number of nitrogens with one attached hydrogen (secondary N) is 1. The number of rotatable bonds is 7. The Kier molecular flexibility index (Phi) is 6.46. The maximum Gasteiger partial charge on any atom is 0.337 e. The highest BCUT2D eigenvalue weighted by atomic mass is 35.5. The Morgan fingerprint density at radius 2 is 1.93 bits per heavy atom. The Morgan fingerprint density at radius 1 is 1.26 bits per heavy atom. The topological polar surface area (TPSA) is 73.9 Å². The number of halogens is 1. The van der Waals surface area contributed by atoms with Crippen molar-refractivity contribution in [2.24, 2.45) is 0 Å². The summed E-state index contributed by atoms with van der Waals surface area (Å²) in [5.74, 6) is -1.21. The molecule has 1 N–H and O–H groups in total. The number of carbonyl (C=O) groups excluding carboxylic acids is 2. The van der Waals surface area contributed by atoms with Gasteiger partial charge in [0.25, 0.3) is 0 Å². The summed E-state index contributed by atoms with van der Waals surface area (Å²) in [6.07, 6.45) is 5.18. The van der Waals surface area contributed by atoms with Crippen molar-refractivity contribution in [1.82, 2.24) is 0 Å². The summed E-state index contributed by atoms with van der Waals surface area (Å²) in [5.41, 5.74) is 0.0935. The molecule has 3 rings (SSSR count). The number of benzene rings is 1. The third kappa shape index (κ3) is 3.50. The number of fused-ring (bicyclic) bond motifs is 2. The second kappa shape index (κ2) is 8.41. The van der Waals surface area contributed by atoms with Crippen LogP contribution >= 0.6 is 0 Å². The second-order valence-electron chi connectivity index (χ2n) is 6.05. The number of anilines is 1. The zero-order valence-corrected chi connectivity index (χ0v) is 15.9. The average Bonchev–Trinajstić information content (AvgIpc) is 3.25. The normalized spacial score (nSPS) is 23.4. The highest BCUT2D eigenvalue weighted by molar-refractivity contribution is 6.05. The lowest BCUT2D eigenvalue weighted by atomic mass is 9.80. The molecule has 2 aliphatic heterocycles. The van der Waals surface area contributed by atoms with Crippen LogP contribution in [0.2, 0.25) is 0 Å². The molecule has 27 heavy (non-hydrogen) atoms. The number of para-hydroxylation sites is 1. The largest absolute Gasteiger partial charge is 1.00 e. The molecule has 0 saturated heterocycles. The molecule has 2 heterocycles. The molecule has 0 spiro atoms. The van der Waals surface area contributed by atoms with Gasteiger partial charge in [-0.1, -0.05) is 30.4 Å². The Bertz CT molecular complexity index is 789. The summed E-state index contributed by atoms with van der Waals surface area (Å²) in [5, 5.41) is 3.39. The van der Waals surface area contributed by atoms with E-state index in [0.717, 1.165) is 5.69 Å². The van der Waals surface area contributed by atoms with Crippen molar-refractivity contribution in [3.8, 4) is 0 Å². The molecule has 0 aliphatic carbocycles. The van der Waals surface area contributed by atoms with Gasteiger partial charge in [0.1, 0.15) is 11.7 Å². The maximum atomic E-state index is 12.5. The molecule has 0 amide bonds. The summed E-state index contributed by atoms with van der Waals surface area (Å²) >= 11 is 0. The molecule has 2 bridgehead atoms. The first-order valence-electron chi connectivity index (χ1n) is 8.28. The van der Waals surface area contributed by atoms with Crippen molar-refractivity contribution >= 4 is 17.6 Å². The number of carbonyl (C=O) groups is 2. The Hall–Kier alpha value is -2.57. The number of hydrogen-bond acceptors (Lipinski definition) is 6. The summed E-state index contributed by atoms with van der Waals surface area (Å²) in [6, 6.07) is 9.20. The molecule has 2 aliphatic rings. The molecule has 1 aromatic carbocycles. The standard InChI is InChI=1S/C20H21NO5.ClH/c1-4-8-15(21-13-9-6-5-7-10-13)20-12-11-14(26-20)16(18(22)24-2)17(20)19(23)25-3;/h4-7,9-12,14-15,21H,1,8H2,2-3H3;1H/p-1. The molecular formula is C20H21ClNO5-. The first-order chi connectivity index (χ1) is 12.6. The van der Waals surface area contributed by atoms with Crippen LogP contribution in [0.1, 0.15) is 6.42 Å². The van der Waals surface area contributed by atoms with Crippen LogP contribution in [0.25, 0.3) is 0 Å². The zero-order chi connectivity index (χ0) is 18.7. The van der Waals surface area contributed by atoms with Crippen molar-refractivity contribution in [3.63, 3.8) is 0 Å². The molecule has 144 valence electrons. The van der Waals surface area contributed by atoms with Crippen molar-refractivity contribution in [1.29, 1.82) is 0 Å². The van der Waals surface area contributed by atoms with Gasteiger partial charge in [0.15, 0.2) is 0 Å². The van der Waals surface area contributed by atoms with Crippen molar-refractivity contribution in [2.45, 2.75) is 24.2 Å². The van der Waals surface area contributed by atoms with E-state index < -0.39 is 23.6 Å². The molecular weight excluding hydrogens is 370 g/mol. The van der Waals surface area contributed by atoms with Crippen LogP contribution in [0.3, 0.4) is 0 Å². The summed E-state index contributed by atoms with van der Waals surface area (Å²) in [4.78, 5) is 24.8. The lowest BCUT2D eigenvalue weighted by Crippen LogP contribution is -3.00. The third-order valence-corrected chi connectivity index (χ3v) is 4.61. The molecule has 0 saturated carbocycles. The van der Waals surface area contributed by atoms with Gasteiger partial charge in [0.05, 0.1) is 31.4 Å². The van der Waals surface area contributed by atoms with Crippen LogP contribution in [0, 0.1) is 0 Å². The fourth-order valence-corrected chi connectivity index (χ4v) is 3.48. The van der Waals surface area contributed by atoms with E-state index in [1.165, 1.54) is 14.2 Å². The quantitative estimate of drug-likeness (QED) is 0.495. The van der Waals surface area contributed by atoms with Crippen LogP contribution in [0.5, 0.6) is 0 Å². The SMILES string of the molecule is C=CCC(Nc1ccccc1)C12C=CC(O1)C(C(=O)OC)=C2C(=O)OC.[Cl-]. The fraction of sp³-hybridized carbons (Fsp3) is 0.300. The van der Waals surface area contributed by atoms with Gasteiger partial charge in [-0.15, -0.1) is 6.58 Å². The number of hydrogen-bond donors (Lipinski definition) is 1. The van der Waals surface area contributed by atoms with Gasteiger partial charge in [0.2, 0.25) is 0 Å². The minimum absolute atomic E-state index is 0. The number of esters is 2. The van der Waals surface area contributed by atoms with E-state index in [-0.39, 0.29) is 29.6 Å². The Labute approximate surface area is 164 Å². The van der Waals surface area contributed by atoms with Crippen LogP contribution in [-0.4, -0.2) is 43.9 Å². The van der Waals surface area contributed by atoms with E-state index >= 15 is 0 Å². The third-order valence-electron chi connectivity index (χ3n) is 4.61. The summed E-state index contributed by atoms with van der Waals surface area (Å²) in [7, 11) is 2.55. The van der Waals surface area contributed by atoms with Crippen LogP contribution < -0.4 is 17.7 Å². The summed E-state index contributed by atoms with van der Waals surface area (Å²) < 4.78 is 15.9. The molecule has 0 aromatic heterocycles. The lowest BCUT2D eigenvalue weighted by Gasteiger charge is -2.35. The van der Waals surface area contributed by atoms with E-state index in [4.69, 9.17) is 14.2 Å². The molecule has 7 heteroatoms. The van der Waals surface area contributed by atoms with Gasteiger partial charge in [0, 0.05) is 5.69 Å². The van der Waals surface area contributed by atoms with Gasteiger partial charge < -0.3 is 31.9 Å². The first-order valence-corrected chi connectivity index (χ1v) is 8.28. The van der Waals surface area contributed by atoms with E-state index in [9.17, 15) is 9.59 Å². The smallest absolute Gasteiger partial charge is 0.337 e. The lowest BCUT2D eigenvalue weighted by molar-refractivity contribution is -0.139. The molecule has 6 nitrogen and oxygen atoms in total. The first kappa shape index (κ1) is 20.7. The van der Waals surface area contributed by atoms with Crippen LogP contribution in [0.15, 0.2) is 66.3 Å². The fourth-order valence-electron chi connectivity index (χ4n) is 3.48. The second-order valence-corrected chi connectivity index (χ2v) is 6.05. The highest BCUT2D eigenvalue weighted by Crippen LogP contribution is 2.47. The van der Waals surface area contributed by atoms with Crippen LogP contribution in [-0.2, 0) is 23.8 Å². The van der Waals surface area contributed by atoms with Crippen molar-refractivity contribution in [2.75, 3.05) is 19.5 Å². The molecule has 0 fully saturated rings. The van der Waals surface area contributed by atoms with E-state index in [0.29, 0.717) is 6.42 Å². The van der Waals surface area contributed by atoms with Gasteiger partial charge >= 0.3 is 11.9 Å². The Morgan fingerprint density at radius 3 is 2.52 bits per heavy atom. The van der Waals surface area contributed by atoms with E-state index in [1.807, 2.05) is 30.3 Å². The van der Waals surface area contributed by atoms with Crippen LogP contribution in [0.4, 0.5) is 5.69 Å². The van der Waals surface area contributed by atoms with E-state index in [2.05, 4.69) is 11.9 Å². The molecule has 0 radical (unpaired) electrons. The highest BCUT2D eigenvalue weighted by Gasteiger charge is 2.58.